The lowest BCUT2D eigenvalue weighted by Gasteiger charge is -2.32. The SMILES string of the molecule is NC(Cc1ccccc1)(Cc1ccccc1)c1ccccc1CCl. The van der Waals surface area contributed by atoms with Crippen LogP contribution in [0.1, 0.15) is 22.3 Å². The smallest absolute Gasteiger partial charge is 0.0494 e. The Bertz CT molecular complexity index is 727. The molecule has 0 amide bonds. The molecule has 0 spiro atoms. The molecule has 0 atom stereocenters. The van der Waals surface area contributed by atoms with E-state index in [0.717, 1.165) is 24.0 Å². The highest BCUT2D eigenvalue weighted by atomic mass is 35.5. The van der Waals surface area contributed by atoms with Crippen LogP contribution in [0.2, 0.25) is 0 Å². The summed E-state index contributed by atoms with van der Waals surface area (Å²) in [5, 5.41) is 0. The summed E-state index contributed by atoms with van der Waals surface area (Å²) in [5.41, 5.74) is 11.2. The van der Waals surface area contributed by atoms with Gasteiger partial charge in [-0.25, -0.2) is 0 Å². The zero-order chi connectivity index (χ0) is 16.8. The maximum absolute atomic E-state index is 7.00. The second-order valence-corrected chi connectivity index (χ2v) is 6.54. The van der Waals surface area contributed by atoms with Crippen LogP contribution in [0.5, 0.6) is 0 Å². The van der Waals surface area contributed by atoms with Crippen molar-refractivity contribution in [2.75, 3.05) is 0 Å². The van der Waals surface area contributed by atoms with Crippen LogP contribution >= 0.6 is 11.6 Å². The highest BCUT2D eigenvalue weighted by Crippen LogP contribution is 2.31. The quantitative estimate of drug-likeness (QED) is 0.626. The van der Waals surface area contributed by atoms with E-state index in [1.54, 1.807) is 0 Å². The lowest BCUT2D eigenvalue weighted by Crippen LogP contribution is -2.42. The van der Waals surface area contributed by atoms with Crippen molar-refractivity contribution in [1.82, 2.24) is 0 Å². The Kier molecular flexibility index (Phi) is 5.34. The summed E-state index contributed by atoms with van der Waals surface area (Å²) >= 11 is 6.19. The molecule has 1 nitrogen and oxygen atoms in total. The largest absolute Gasteiger partial charge is 0.321 e. The standard InChI is InChI=1S/C22H22ClN/c23-17-20-13-7-8-14-21(20)22(24,15-18-9-3-1-4-10-18)16-19-11-5-2-6-12-19/h1-14H,15-17,24H2. The van der Waals surface area contributed by atoms with Gasteiger partial charge in [-0.3, -0.25) is 0 Å². The van der Waals surface area contributed by atoms with E-state index >= 15 is 0 Å². The van der Waals surface area contributed by atoms with E-state index in [-0.39, 0.29) is 0 Å². The predicted octanol–water partition coefficient (Wildman–Crippen LogP) is 5.06. The summed E-state index contributed by atoms with van der Waals surface area (Å²) in [7, 11) is 0. The summed E-state index contributed by atoms with van der Waals surface area (Å²) in [6, 6.07) is 29.1. The monoisotopic (exact) mass is 335 g/mol. The second kappa shape index (κ2) is 7.65. The fourth-order valence-electron chi connectivity index (χ4n) is 3.30. The van der Waals surface area contributed by atoms with Gasteiger partial charge in [-0.2, -0.15) is 0 Å². The van der Waals surface area contributed by atoms with Crippen molar-refractivity contribution in [3.8, 4) is 0 Å². The fraction of sp³-hybridized carbons (Fsp3) is 0.182. The predicted molar refractivity (Wildman–Crippen MR) is 102 cm³/mol. The molecule has 0 radical (unpaired) electrons. The molecule has 2 heteroatoms. The van der Waals surface area contributed by atoms with Gasteiger partial charge in [0.1, 0.15) is 0 Å². The van der Waals surface area contributed by atoms with Gasteiger partial charge in [-0.05, 0) is 35.1 Å². The molecule has 0 saturated carbocycles. The van der Waals surface area contributed by atoms with E-state index in [1.165, 1.54) is 11.1 Å². The molecule has 3 rings (SSSR count). The zero-order valence-corrected chi connectivity index (χ0v) is 14.4. The maximum atomic E-state index is 7.00. The average molecular weight is 336 g/mol. The zero-order valence-electron chi connectivity index (χ0n) is 13.7. The number of benzene rings is 3. The van der Waals surface area contributed by atoms with Crippen LogP contribution in [0.3, 0.4) is 0 Å². The van der Waals surface area contributed by atoms with Gasteiger partial charge in [-0.1, -0.05) is 84.9 Å². The minimum atomic E-state index is -0.492. The van der Waals surface area contributed by atoms with Gasteiger partial charge >= 0.3 is 0 Å². The minimum Gasteiger partial charge on any atom is -0.321 e. The maximum Gasteiger partial charge on any atom is 0.0494 e. The highest BCUT2D eigenvalue weighted by Gasteiger charge is 2.30. The van der Waals surface area contributed by atoms with Gasteiger partial charge in [0, 0.05) is 11.4 Å². The van der Waals surface area contributed by atoms with Gasteiger partial charge in [-0.15, -0.1) is 11.6 Å². The van der Waals surface area contributed by atoms with E-state index in [4.69, 9.17) is 17.3 Å². The van der Waals surface area contributed by atoms with E-state index in [9.17, 15) is 0 Å². The van der Waals surface area contributed by atoms with Crippen LogP contribution in [0.25, 0.3) is 0 Å². The van der Waals surface area contributed by atoms with E-state index in [0.29, 0.717) is 5.88 Å². The Labute approximate surface area is 149 Å². The molecule has 0 unspecified atom stereocenters. The first-order valence-electron chi connectivity index (χ1n) is 8.22. The van der Waals surface area contributed by atoms with Gasteiger partial charge in [0.25, 0.3) is 0 Å². The van der Waals surface area contributed by atoms with Crippen LogP contribution in [0.4, 0.5) is 0 Å². The topological polar surface area (TPSA) is 26.0 Å². The van der Waals surface area contributed by atoms with Crippen LogP contribution in [0.15, 0.2) is 84.9 Å². The summed E-state index contributed by atoms with van der Waals surface area (Å²) in [6.07, 6.45) is 1.55. The summed E-state index contributed by atoms with van der Waals surface area (Å²) < 4.78 is 0. The Balaban J connectivity index is 2.02. The van der Waals surface area contributed by atoms with Gasteiger partial charge in [0.05, 0.1) is 0 Å². The molecule has 0 bridgehead atoms. The van der Waals surface area contributed by atoms with E-state index in [2.05, 4.69) is 60.7 Å². The van der Waals surface area contributed by atoms with Gasteiger partial charge in [0.15, 0.2) is 0 Å². The van der Waals surface area contributed by atoms with E-state index < -0.39 is 5.54 Å². The van der Waals surface area contributed by atoms with Crippen molar-refractivity contribution in [3.05, 3.63) is 107 Å². The molecule has 0 aliphatic carbocycles. The first-order chi connectivity index (χ1) is 11.7. The Hall–Kier alpha value is -2.09. The van der Waals surface area contributed by atoms with Crippen molar-refractivity contribution in [1.29, 1.82) is 0 Å². The fourth-order valence-corrected chi connectivity index (χ4v) is 3.53. The van der Waals surface area contributed by atoms with Crippen LogP contribution in [-0.2, 0) is 24.3 Å². The molecule has 0 fully saturated rings. The lowest BCUT2D eigenvalue weighted by molar-refractivity contribution is 0.435. The molecule has 3 aromatic carbocycles. The van der Waals surface area contributed by atoms with Crippen molar-refractivity contribution >= 4 is 11.6 Å². The summed E-state index contributed by atoms with van der Waals surface area (Å²) in [4.78, 5) is 0. The van der Waals surface area contributed by atoms with Crippen LogP contribution in [-0.4, -0.2) is 0 Å². The van der Waals surface area contributed by atoms with Gasteiger partial charge in [0.2, 0.25) is 0 Å². The molecule has 3 aromatic rings. The molecular weight excluding hydrogens is 314 g/mol. The van der Waals surface area contributed by atoms with Crippen molar-refractivity contribution in [2.24, 2.45) is 5.73 Å². The molecule has 0 heterocycles. The number of rotatable bonds is 6. The molecule has 2 N–H and O–H groups in total. The Morgan fingerprint density at radius 2 is 1.12 bits per heavy atom. The first-order valence-corrected chi connectivity index (χ1v) is 8.76. The number of nitrogens with two attached hydrogens (primary N) is 1. The van der Waals surface area contributed by atoms with E-state index in [1.807, 2.05) is 24.3 Å². The molecule has 0 aromatic heterocycles. The van der Waals surface area contributed by atoms with Crippen molar-refractivity contribution in [3.63, 3.8) is 0 Å². The third-order valence-corrected chi connectivity index (χ3v) is 4.71. The summed E-state index contributed by atoms with van der Waals surface area (Å²) in [5.74, 6) is 0.471. The first kappa shape index (κ1) is 16.8. The highest BCUT2D eigenvalue weighted by molar-refractivity contribution is 6.17. The molecule has 24 heavy (non-hydrogen) atoms. The summed E-state index contributed by atoms with van der Waals surface area (Å²) in [6.45, 7) is 0. The number of hydrogen-bond donors (Lipinski definition) is 1. The molecule has 122 valence electrons. The van der Waals surface area contributed by atoms with Gasteiger partial charge < -0.3 is 5.73 Å². The minimum absolute atomic E-state index is 0.471. The third-order valence-electron chi connectivity index (χ3n) is 4.42. The Morgan fingerprint density at radius 1 is 0.667 bits per heavy atom. The molecule has 0 saturated heterocycles. The Morgan fingerprint density at radius 3 is 1.62 bits per heavy atom. The van der Waals surface area contributed by atoms with Crippen molar-refractivity contribution < 1.29 is 0 Å². The number of alkyl halides is 1. The molecular formula is C22H22ClN. The normalized spacial score (nSPS) is 11.4. The number of halogens is 1. The van der Waals surface area contributed by atoms with Crippen LogP contribution < -0.4 is 5.73 Å². The molecule has 0 aliphatic rings. The third kappa shape index (κ3) is 3.87. The number of hydrogen-bond acceptors (Lipinski definition) is 1. The lowest BCUT2D eigenvalue weighted by atomic mass is 9.78. The molecule has 0 aliphatic heterocycles. The second-order valence-electron chi connectivity index (χ2n) is 6.27. The van der Waals surface area contributed by atoms with Crippen LogP contribution in [0, 0.1) is 0 Å². The van der Waals surface area contributed by atoms with Crippen molar-refractivity contribution in [2.45, 2.75) is 24.3 Å². The average Bonchev–Trinajstić information content (AvgIpc) is 2.63.